The summed E-state index contributed by atoms with van der Waals surface area (Å²) >= 11 is 0. The molecule has 0 bridgehead atoms. The van der Waals surface area contributed by atoms with Crippen LogP contribution in [0.15, 0.2) is 41.6 Å². The molecule has 5 nitrogen and oxygen atoms in total. The highest BCUT2D eigenvalue weighted by molar-refractivity contribution is 5.68. The number of alkyl halides is 3. The number of halogens is 5. The summed E-state index contributed by atoms with van der Waals surface area (Å²) in [6.45, 7) is 1.53. The smallest absolute Gasteiger partial charge is 0.416 e. The third-order valence-electron chi connectivity index (χ3n) is 3.61. The van der Waals surface area contributed by atoms with Crippen LogP contribution >= 0.6 is 0 Å². The van der Waals surface area contributed by atoms with Crippen LogP contribution < -0.4 is 10.1 Å². The minimum Gasteiger partial charge on any atom is -0.449 e. The first-order valence-electron chi connectivity index (χ1n) is 7.67. The summed E-state index contributed by atoms with van der Waals surface area (Å²) in [4.78, 5) is 0. The number of rotatable bonds is 4. The first-order chi connectivity index (χ1) is 13.6. The number of nitrogens with one attached hydrogen (secondary N) is 1. The van der Waals surface area contributed by atoms with E-state index in [-0.39, 0.29) is 23.6 Å². The van der Waals surface area contributed by atoms with Crippen molar-refractivity contribution in [2.24, 2.45) is 0 Å². The molecule has 29 heavy (non-hydrogen) atoms. The quantitative estimate of drug-likeness (QED) is 0.550. The number of hydrogen-bond acceptors (Lipinski definition) is 5. The van der Waals surface area contributed by atoms with Crippen LogP contribution in [0.1, 0.15) is 11.1 Å². The van der Waals surface area contributed by atoms with Crippen LogP contribution in [0.2, 0.25) is 0 Å². The first-order valence-corrected chi connectivity index (χ1v) is 7.67. The van der Waals surface area contributed by atoms with Gasteiger partial charge in [-0.05, 0) is 30.7 Å². The number of allylic oxidation sites excluding steroid dienone is 2. The molecular weight excluding hydrogens is 395 g/mol. The van der Waals surface area contributed by atoms with Gasteiger partial charge >= 0.3 is 6.18 Å². The summed E-state index contributed by atoms with van der Waals surface area (Å²) in [6.07, 6.45) is -4.95. The lowest BCUT2D eigenvalue weighted by Crippen LogP contribution is -2.08. The number of aryl methyl sites for hydroxylation is 1. The molecule has 2 aromatic rings. The molecule has 2 rings (SSSR count). The second kappa shape index (κ2) is 8.28. The summed E-state index contributed by atoms with van der Waals surface area (Å²) in [7, 11) is 0. The zero-order valence-electron chi connectivity index (χ0n) is 14.5. The highest BCUT2D eigenvalue weighted by atomic mass is 19.4. The predicted molar refractivity (Wildman–Crippen MR) is 90.1 cm³/mol. The molecule has 0 spiro atoms. The van der Waals surface area contributed by atoms with Crippen LogP contribution in [0.5, 0.6) is 11.5 Å². The van der Waals surface area contributed by atoms with Crippen LogP contribution in [-0.4, -0.2) is 0 Å². The summed E-state index contributed by atoms with van der Waals surface area (Å²) in [5, 5.41) is 29.4. The number of anilines is 1. The molecule has 0 unspecified atom stereocenters. The Labute approximate surface area is 161 Å². The number of nitriles is 3. The normalized spacial score (nSPS) is 10.3. The number of nitrogens with zero attached hydrogens (tertiary/aromatic N) is 3. The standard InChI is InChI=1S/C19H9F5N4O/c1-10-3-2-4-16(17(10)28-15(9-27)11(7-25)8-26)29-18-13(20)5-12(6-14(18)21)19(22,23)24/h2-6,28H,1H3. The van der Waals surface area contributed by atoms with Crippen molar-refractivity contribution in [3.8, 4) is 29.7 Å². The minimum atomic E-state index is -4.95. The lowest BCUT2D eigenvalue weighted by atomic mass is 10.1. The van der Waals surface area contributed by atoms with Crippen molar-refractivity contribution >= 4 is 5.69 Å². The van der Waals surface area contributed by atoms with E-state index in [0.29, 0.717) is 5.56 Å². The van der Waals surface area contributed by atoms with Crippen molar-refractivity contribution in [2.45, 2.75) is 13.1 Å². The zero-order chi connectivity index (χ0) is 21.8. The fourth-order valence-electron chi connectivity index (χ4n) is 2.23. The molecule has 1 N–H and O–H groups in total. The number of para-hydroxylation sites is 1. The largest absolute Gasteiger partial charge is 0.449 e. The summed E-state index contributed by atoms with van der Waals surface area (Å²) in [6, 6.07) is 9.02. The Bertz CT molecular complexity index is 1080. The van der Waals surface area contributed by atoms with E-state index in [2.05, 4.69) is 5.32 Å². The minimum absolute atomic E-state index is 0.00857. The van der Waals surface area contributed by atoms with Crippen LogP contribution in [0, 0.1) is 52.6 Å². The molecule has 0 aliphatic rings. The molecule has 10 heteroatoms. The van der Waals surface area contributed by atoms with E-state index in [9.17, 15) is 22.0 Å². The fourth-order valence-corrected chi connectivity index (χ4v) is 2.23. The van der Waals surface area contributed by atoms with Crippen molar-refractivity contribution in [1.29, 1.82) is 15.8 Å². The van der Waals surface area contributed by atoms with Gasteiger partial charge in [-0.2, -0.15) is 29.0 Å². The molecule has 0 aromatic heterocycles. The van der Waals surface area contributed by atoms with Crippen molar-refractivity contribution in [1.82, 2.24) is 0 Å². The second-order valence-electron chi connectivity index (χ2n) is 5.53. The Hall–Kier alpha value is -4.10. The van der Waals surface area contributed by atoms with Gasteiger partial charge in [0.1, 0.15) is 23.9 Å². The van der Waals surface area contributed by atoms with Gasteiger partial charge in [0.05, 0.1) is 11.3 Å². The second-order valence-corrected chi connectivity index (χ2v) is 5.53. The molecule has 0 aliphatic heterocycles. The van der Waals surface area contributed by atoms with Gasteiger partial charge in [0, 0.05) is 0 Å². The lowest BCUT2D eigenvalue weighted by Gasteiger charge is -2.16. The van der Waals surface area contributed by atoms with Gasteiger partial charge in [0.25, 0.3) is 0 Å². The molecule has 0 aliphatic carbocycles. The van der Waals surface area contributed by atoms with E-state index < -0.39 is 40.4 Å². The molecule has 146 valence electrons. The summed E-state index contributed by atoms with van der Waals surface area (Å²) in [5.74, 6) is -4.51. The third kappa shape index (κ3) is 4.60. The monoisotopic (exact) mass is 404 g/mol. The molecular formula is C19H9F5N4O. The van der Waals surface area contributed by atoms with Gasteiger partial charge in [0.2, 0.25) is 0 Å². The van der Waals surface area contributed by atoms with Gasteiger partial charge in [0.15, 0.2) is 28.7 Å². The Morgan fingerprint density at radius 2 is 1.59 bits per heavy atom. The van der Waals surface area contributed by atoms with Crippen molar-refractivity contribution in [2.75, 3.05) is 5.32 Å². The molecule has 0 saturated heterocycles. The van der Waals surface area contributed by atoms with E-state index >= 15 is 0 Å². The third-order valence-corrected chi connectivity index (χ3v) is 3.61. The number of benzene rings is 2. The van der Waals surface area contributed by atoms with E-state index in [1.54, 1.807) is 6.07 Å². The highest BCUT2D eigenvalue weighted by Crippen LogP contribution is 2.38. The van der Waals surface area contributed by atoms with E-state index in [1.807, 2.05) is 0 Å². The van der Waals surface area contributed by atoms with Gasteiger partial charge in [-0.3, -0.25) is 0 Å². The maximum absolute atomic E-state index is 14.1. The molecule has 0 fully saturated rings. The van der Waals surface area contributed by atoms with Crippen LogP contribution in [0.25, 0.3) is 0 Å². The molecule has 0 amide bonds. The predicted octanol–water partition coefficient (Wildman–Crippen LogP) is 5.32. The summed E-state index contributed by atoms with van der Waals surface area (Å²) in [5.41, 5.74) is -2.12. The van der Waals surface area contributed by atoms with E-state index in [4.69, 9.17) is 20.5 Å². The van der Waals surface area contributed by atoms with Gasteiger partial charge in [-0.15, -0.1) is 0 Å². The molecule has 0 atom stereocenters. The molecule has 0 saturated carbocycles. The molecule has 0 radical (unpaired) electrons. The average Bonchev–Trinajstić information content (AvgIpc) is 2.65. The highest BCUT2D eigenvalue weighted by Gasteiger charge is 2.33. The van der Waals surface area contributed by atoms with Crippen molar-refractivity contribution in [3.63, 3.8) is 0 Å². The molecule has 2 aromatic carbocycles. The maximum atomic E-state index is 14.1. The molecule has 0 heterocycles. The van der Waals surface area contributed by atoms with Crippen molar-refractivity contribution < 1.29 is 26.7 Å². The summed E-state index contributed by atoms with van der Waals surface area (Å²) < 4.78 is 71.3. The zero-order valence-corrected chi connectivity index (χ0v) is 14.5. The lowest BCUT2D eigenvalue weighted by molar-refractivity contribution is -0.138. The van der Waals surface area contributed by atoms with Crippen LogP contribution in [0.4, 0.5) is 27.6 Å². The average molecular weight is 404 g/mol. The Morgan fingerprint density at radius 3 is 2.07 bits per heavy atom. The number of ether oxygens (including phenoxy) is 1. The SMILES string of the molecule is Cc1cccc(Oc2c(F)cc(C(F)(F)F)cc2F)c1NC(C#N)=C(C#N)C#N. The van der Waals surface area contributed by atoms with Crippen molar-refractivity contribution in [3.05, 3.63) is 64.4 Å². The van der Waals surface area contributed by atoms with Crippen LogP contribution in [0.3, 0.4) is 0 Å². The van der Waals surface area contributed by atoms with Gasteiger partial charge in [-0.1, -0.05) is 12.1 Å². The topological polar surface area (TPSA) is 92.6 Å². The Balaban J connectivity index is 2.54. The fraction of sp³-hybridized carbons (Fsp3) is 0.105. The first kappa shape index (κ1) is 21.2. The van der Waals surface area contributed by atoms with E-state index in [1.165, 1.54) is 37.3 Å². The van der Waals surface area contributed by atoms with Crippen LogP contribution in [-0.2, 0) is 6.18 Å². The Morgan fingerprint density at radius 1 is 1.00 bits per heavy atom. The van der Waals surface area contributed by atoms with Gasteiger partial charge < -0.3 is 10.1 Å². The van der Waals surface area contributed by atoms with Gasteiger partial charge in [-0.25, -0.2) is 8.78 Å². The maximum Gasteiger partial charge on any atom is 0.416 e. The van der Waals surface area contributed by atoms with E-state index in [0.717, 1.165) is 0 Å². The Kier molecular flexibility index (Phi) is 6.06. The number of hydrogen-bond donors (Lipinski definition) is 1.